The lowest BCUT2D eigenvalue weighted by Gasteiger charge is -2.25. The van der Waals surface area contributed by atoms with Crippen LogP contribution in [0.3, 0.4) is 0 Å². The van der Waals surface area contributed by atoms with Crippen molar-refractivity contribution in [3.05, 3.63) is 90.5 Å². The van der Waals surface area contributed by atoms with Gasteiger partial charge < -0.3 is 4.74 Å². The fraction of sp³-hybridized carbons (Fsp3) is 0.167. The SMILES string of the molecule is CCOc1ccccc1N(CC(=O)N/N=C(/C)c1ccccc1)S(=O)(=O)c1ccccc1. The number of hydrogen-bond donors (Lipinski definition) is 1. The highest BCUT2D eigenvalue weighted by Crippen LogP contribution is 2.32. The van der Waals surface area contributed by atoms with Crippen LogP contribution in [-0.2, 0) is 14.8 Å². The number of carbonyl (C=O) groups excluding carboxylic acids is 1. The maximum atomic E-state index is 13.4. The van der Waals surface area contributed by atoms with Gasteiger partial charge in [-0.15, -0.1) is 0 Å². The van der Waals surface area contributed by atoms with Crippen LogP contribution in [-0.4, -0.2) is 33.2 Å². The molecular weight excluding hydrogens is 426 g/mol. The molecule has 166 valence electrons. The van der Waals surface area contributed by atoms with E-state index in [1.54, 1.807) is 56.3 Å². The number of hydrogen-bond acceptors (Lipinski definition) is 5. The summed E-state index contributed by atoms with van der Waals surface area (Å²) in [5.74, 6) is -0.211. The average molecular weight is 452 g/mol. The summed E-state index contributed by atoms with van der Waals surface area (Å²) in [4.78, 5) is 12.8. The van der Waals surface area contributed by atoms with Crippen molar-refractivity contribution in [3.63, 3.8) is 0 Å². The minimum atomic E-state index is -4.04. The molecule has 0 saturated heterocycles. The number of nitrogens with one attached hydrogen (secondary N) is 1. The molecule has 1 amide bonds. The second-order valence-corrected chi connectivity index (χ2v) is 8.69. The molecule has 0 aliphatic heterocycles. The first kappa shape index (κ1) is 23.0. The number of benzene rings is 3. The zero-order chi connectivity index (χ0) is 23.0. The molecule has 0 fully saturated rings. The largest absolute Gasteiger partial charge is 0.492 e. The van der Waals surface area contributed by atoms with Crippen LogP contribution in [0.15, 0.2) is 94.9 Å². The van der Waals surface area contributed by atoms with Gasteiger partial charge in [0.1, 0.15) is 12.3 Å². The van der Waals surface area contributed by atoms with Crippen molar-refractivity contribution in [2.45, 2.75) is 18.7 Å². The lowest BCUT2D eigenvalue weighted by atomic mass is 10.1. The third-order valence-corrected chi connectivity index (χ3v) is 6.37. The maximum absolute atomic E-state index is 13.4. The van der Waals surface area contributed by atoms with E-state index in [0.717, 1.165) is 9.87 Å². The van der Waals surface area contributed by atoms with Crippen molar-refractivity contribution in [2.24, 2.45) is 5.10 Å². The van der Waals surface area contributed by atoms with Gasteiger partial charge in [0.15, 0.2) is 0 Å². The predicted molar refractivity (Wildman–Crippen MR) is 125 cm³/mol. The van der Waals surface area contributed by atoms with Gasteiger partial charge in [-0.1, -0.05) is 60.7 Å². The monoisotopic (exact) mass is 451 g/mol. The van der Waals surface area contributed by atoms with Crippen LogP contribution >= 0.6 is 0 Å². The summed E-state index contributed by atoms with van der Waals surface area (Å²) in [5, 5.41) is 4.12. The number of anilines is 1. The molecule has 0 aliphatic carbocycles. The highest BCUT2D eigenvalue weighted by Gasteiger charge is 2.29. The Balaban J connectivity index is 1.92. The minimum absolute atomic E-state index is 0.0723. The Morgan fingerprint density at radius 3 is 2.19 bits per heavy atom. The summed E-state index contributed by atoms with van der Waals surface area (Å²) >= 11 is 0. The number of carbonyl (C=O) groups is 1. The van der Waals surface area contributed by atoms with Crippen LogP contribution in [0.5, 0.6) is 5.75 Å². The fourth-order valence-corrected chi connectivity index (χ4v) is 4.47. The fourth-order valence-electron chi connectivity index (χ4n) is 3.02. The molecule has 1 N–H and O–H groups in total. The quantitative estimate of drug-likeness (QED) is 0.396. The zero-order valence-corrected chi connectivity index (χ0v) is 18.7. The summed E-state index contributed by atoms with van der Waals surface area (Å²) in [6, 6.07) is 24.1. The van der Waals surface area contributed by atoms with Crippen molar-refractivity contribution >= 4 is 27.3 Å². The number of sulfonamides is 1. The molecule has 0 atom stereocenters. The van der Waals surface area contributed by atoms with Crippen LogP contribution in [0.25, 0.3) is 0 Å². The van der Waals surface area contributed by atoms with E-state index in [9.17, 15) is 13.2 Å². The molecule has 0 heterocycles. The summed E-state index contributed by atoms with van der Waals surface area (Å²) in [5.41, 5.74) is 4.19. The molecule has 8 heteroatoms. The Morgan fingerprint density at radius 2 is 1.53 bits per heavy atom. The number of amides is 1. The van der Waals surface area contributed by atoms with Gasteiger partial charge in [0.2, 0.25) is 0 Å². The Labute approximate surface area is 188 Å². The Kier molecular flexibility index (Phi) is 7.62. The van der Waals surface area contributed by atoms with Gasteiger partial charge in [0.05, 0.1) is 22.9 Å². The second-order valence-electron chi connectivity index (χ2n) is 6.82. The third-order valence-electron chi connectivity index (χ3n) is 4.59. The predicted octanol–water partition coefficient (Wildman–Crippen LogP) is 3.82. The van der Waals surface area contributed by atoms with E-state index >= 15 is 0 Å². The van der Waals surface area contributed by atoms with Gasteiger partial charge in [-0.2, -0.15) is 5.10 Å². The van der Waals surface area contributed by atoms with Gasteiger partial charge in [0.25, 0.3) is 15.9 Å². The summed E-state index contributed by atoms with van der Waals surface area (Å²) in [6.07, 6.45) is 0. The minimum Gasteiger partial charge on any atom is -0.492 e. The first-order valence-corrected chi connectivity index (χ1v) is 11.6. The smallest absolute Gasteiger partial charge is 0.264 e. The average Bonchev–Trinajstić information content (AvgIpc) is 2.83. The molecule has 3 aromatic carbocycles. The lowest BCUT2D eigenvalue weighted by molar-refractivity contribution is -0.119. The molecule has 0 aliphatic rings. The topological polar surface area (TPSA) is 88.1 Å². The molecule has 0 saturated carbocycles. The molecule has 0 unspecified atom stereocenters. The highest BCUT2D eigenvalue weighted by atomic mass is 32.2. The Morgan fingerprint density at radius 1 is 0.938 bits per heavy atom. The lowest BCUT2D eigenvalue weighted by Crippen LogP contribution is -2.40. The third kappa shape index (κ3) is 5.53. The highest BCUT2D eigenvalue weighted by molar-refractivity contribution is 7.92. The second kappa shape index (κ2) is 10.6. The van der Waals surface area contributed by atoms with Gasteiger partial charge in [-0.05, 0) is 43.7 Å². The molecule has 0 bridgehead atoms. The van der Waals surface area contributed by atoms with Gasteiger partial charge in [-0.3, -0.25) is 9.10 Å². The Hall–Kier alpha value is -3.65. The molecule has 7 nitrogen and oxygen atoms in total. The van der Waals surface area contributed by atoms with Crippen molar-refractivity contribution in [1.29, 1.82) is 0 Å². The van der Waals surface area contributed by atoms with Gasteiger partial charge >= 0.3 is 0 Å². The summed E-state index contributed by atoms with van der Waals surface area (Å²) in [6.45, 7) is 3.45. The molecule has 0 aromatic heterocycles. The summed E-state index contributed by atoms with van der Waals surface area (Å²) in [7, 11) is -4.04. The van der Waals surface area contributed by atoms with Crippen molar-refractivity contribution in [3.8, 4) is 5.75 Å². The molecule has 0 spiro atoms. The van der Waals surface area contributed by atoms with Crippen LogP contribution in [0, 0.1) is 0 Å². The molecule has 3 aromatic rings. The Bertz CT molecular complexity index is 1180. The van der Waals surface area contributed by atoms with E-state index in [-0.39, 0.29) is 10.6 Å². The molecular formula is C24H25N3O4S. The number of rotatable bonds is 9. The first-order chi connectivity index (χ1) is 15.4. The summed E-state index contributed by atoms with van der Waals surface area (Å²) < 4.78 is 33.5. The molecule has 32 heavy (non-hydrogen) atoms. The van der Waals surface area contributed by atoms with Gasteiger partial charge in [0, 0.05) is 0 Å². The van der Waals surface area contributed by atoms with Crippen molar-refractivity contribution < 1.29 is 17.9 Å². The van der Waals surface area contributed by atoms with E-state index < -0.39 is 22.5 Å². The van der Waals surface area contributed by atoms with Gasteiger partial charge in [-0.25, -0.2) is 13.8 Å². The van der Waals surface area contributed by atoms with Crippen LogP contribution < -0.4 is 14.5 Å². The zero-order valence-electron chi connectivity index (χ0n) is 17.9. The van der Waals surface area contributed by atoms with E-state index in [2.05, 4.69) is 10.5 Å². The van der Waals surface area contributed by atoms with Crippen molar-refractivity contribution in [1.82, 2.24) is 5.43 Å². The van der Waals surface area contributed by atoms with Crippen molar-refractivity contribution in [2.75, 3.05) is 17.5 Å². The molecule has 0 radical (unpaired) electrons. The number of hydrazone groups is 1. The molecule has 3 rings (SSSR count). The standard InChI is InChI=1S/C24H25N3O4S/c1-3-31-23-17-11-10-16-22(23)27(32(29,30)21-14-8-5-9-15-21)18-24(28)26-25-19(2)20-12-6-4-7-13-20/h4-17H,3,18H2,1-2H3,(H,26,28)/b25-19-. The number of ether oxygens (including phenoxy) is 1. The van der Waals surface area contributed by atoms with E-state index in [1.807, 2.05) is 30.3 Å². The normalized spacial score (nSPS) is 11.6. The van der Waals surface area contributed by atoms with E-state index in [0.29, 0.717) is 18.1 Å². The van der Waals surface area contributed by atoms with Crippen LogP contribution in [0.4, 0.5) is 5.69 Å². The van der Waals surface area contributed by atoms with E-state index in [1.165, 1.54) is 12.1 Å². The van der Waals surface area contributed by atoms with E-state index in [4.69, 9.17) is 4.74 Å². The van der Waals surface area contributed by atoms with Crippen LogP contribution in [0.2, 0.25) is 0 Å². The van der Waals surface area contributed by atoms with Crippen LogP contribution in [0.1, 0.15) is 19.4 Å². The maximum Gasteiger partial charge on any atom is 0.264 e. The number of nitrogens with zero attached hydrogens (tertiary/aromatic N) is 2. The number of para-hydroxylation sites is 2. The first-order valence-electron chi connectivity index (χ1n) is 10.1.